The van der Waals surface area contributed by atoms with Crippen molar-refractivity contribution in [3.8, 4) is 0 Å². The molecule has 2 unspecified atom stereocenters. The summed E-state index contributed by atoms with van der Waals surface area (Å²) in [5, 5.41) is 10.9. The number of benzene rings is 1. The molecule has 2 amide bonds. The Morgan fingerprint density at radius 2 is 2.20 bits per heavy atom. The molecule has 1 aliphatic heterocycles. The van der Waals surface area contributed by atoms with Gasteiger partial charge in [0, 0.05) is 6.54 Å². The molecular formula is C18H25N5O2. The van der Waals surface area contributed by atoms with E-state index in [0.717, 1.165) is 17.9 Å². The Balaban J connectivity index is 1.65. The highest BCUT2D eigenvalue weighted by atomic mass is 16.5. The molecule has 25 heavy (non-hydrogen) atoms. The van der Waals surface area contributed by atoms with E-state index in [1.165, 1.54) is 5.56 Å². The standard InChI is InChI=1S/C18H25N5O2/c1-4-22-12-20-21-17(22)9-19-18(24)23-10-16(25-11-14(23)3)15-8-6-5-7-13(15)2/h5-8,12,14,16H,4,9-11H2,1-3H3,(H,19,24). The summed E-state index contributed by atoms with van der Waals surface area (Å²) in [5.74, 6) is 0.757. The van der Waals surface area contributed by atoms with Crippen LogP contribution in [0.3, 0.4) is 0 Å². The number of aryl methyl sites for hydroxylation is 2. The summed E-state index contributed by atoms with van der Waals surface area (Å²) in [7, 11) is 0. The number of hydrogen-bond acceptors (Lipinski definition) is 4. The molecule has 7 heteroatoms. The first-order valence-electron chi connectivity index (χ1n) is 8.68. The number of amides is 2. The van der Waals surface area contributed by atoms with Gasteiger partial charge in [0.1, 0.15) is 12.4 Å². The van der Waals surface area contributed by atoms with Crippen LogP contribution in [0.5, 0.6) is 0 Å². The van der Waals surface area contributed by atoms with Crippen LogP contribution in [0.25, 0.3) is 0 Å². The van der Waals surface area contributed by atoms with Gasteiger partial charge in [-0.25, -0.2) is 4.79 Å². The van der Waals surface area contributed by atoms with Gasteiger partial charge in [0.15, 0.2) is 5.82 Å². The molecule has 1 aliphatic rings. The van der Waals surface area contributed by atoms with Gasteiger partial charge >= 0.3 is 6.03 Å². The van der Waals surface area contributed by atoms with Gasteiger partial charge < -0.3 is 19.5 Å². The molecule has 0 radical (unpaired) electrons. The number of morpholine rings is 1. The zero-order valence-electron chi connectivity index (χ0n) is 15.0. The first-order chi connectivity index (χ1) is 12.1. The number of hydrogen-bond donors (Lipinski definition) is 1. The zero-order chi connectivity index (χ0) is 17.8. The van der Waals surface area contributed by atoms with Crippen LogP contribution >= 0.6 is 0 Å². The van der Waals surface area contributed by atoms with E-state index in [4.69, 9.17) is 4.74 Å². The maximum Gasteiger partial charge on any atom is 0.318 e. The second-order valence-corrected chi connectivity index (χ2v) is 6.37. The lowest BCUT2D eigenvalue weighted by molar-refractivity contribution is -0.0431. The topological polar surface area (TPSA) is 72.3 Å². The lowest BCUT2D eigenvalue weighted by Crippen LogP contribution is -2.52. The third-order valence-corrected chi connectivity index (χ3v) is 4.66. The van der Waals surface area contributed by atoms with Gasteiger partial charge in [0.05, 0.1) is 25.7 Å². The van der Waals surface area contributed by atoms with Crippen molar-refractivity contribution in [2.45, 2.75) is 46.0 Å². The van der Waals surface area contributed by atoms with Gasteiger partial charge in [-0.3, -0.25) is 0 Å². The van der Waals surface area contributed by atoms with Crippen LogP contribution in [0.15, 0.2) is 30.6 Å². The molecule has 2 heterocycles. The van der Waals surface area contributed by atoms with Gasteiger partial charge in [-0.05, 0) is 31.9 Å². The molecule has 1 aromatic heterocycles. The number of carbonyl (C=O) groups is 1. The monoisotopic (exact) mass is 343 g/mol. The fourth-order valence-corrected chi connectivity index (χ4v) is 3.11. The van der Waals surface area contributed by atoms with Crippen LogP contribution in [0.1, 0.15) is 36.9 Å². The summed E-state index contributed by atoms with van der Waals surface area (Å²) in [6.07, 6.45) is 1.58. The molecule has 3 rings (SSSR count). The fourth-order valence-electron chi connectivity index (χ4n) is 3.11. The first-order valence-corrected chi connectivity index (χ1v) is 8.68. The van der Waals surface area contributed by atoms with Crippen LogP contribution in [0, 0.1) is 6.92 Å². The van der Waals surface area contributed by atoms with Gasteiger partial charge in [-0.2, -0.15) is 0 Å². The minimum atomic E-state index is -0.0972. The Morgan fingerprint density at radius 3 is 2.96 bits per heavy atom. The van der Waals surface area contributed by atoms with E-state index in [0.29, 0.717) is 19.7 Å². The van der Waals surface area contributed by atoms with Crippen molar-refractivity contribution in [1.82, 2.24) is 25.0 Å². The molecule has 0 saturated carbocycles. The largest absolute Gasteiger partial charge is 0.370 e. The Bertz CT molecular complexity index is 730. The molecule has 1 saturated heterocycles. The number of aromatic nitrogens is 3. The highest BCUT2D eigenvalue weighted by Gasteiger charge is 2.31. The average molecular weight is 343 g/mol. The molecular weight excluding hydrogens is 318 g/mol. The number of rotatable bonds is 4. The van der Waals surface area contributed by atoms with E-state index in [2.05, 4.69) is 34.6 Å². The summed E-state index contributed by atoms with van der Waals surface area (Å²) >= 11 is 0. The SMILES string of the molecule is CCn1cnnc1CNC(=O)N1CC(c2ccccc2C)OCC1C. The average Bonchev–Trinajstić information content (AvgIpc) is 3.08. The maximum absolute atomic E-state index is 12.7. The van der Waals surface area contributed by atoms with Crippen LogP contribution in [-0.2, 0) is 17.8 Å². The van der Waals surface area contributed by atoms with Crippen molar-refractivity contribution in [1.29, 1.82) is 0 Å². The van der Waals surface area contributed by atoms with Gasteiger partial charge in [0.25, 0.3) is 0 Å². The third-order valence-electron chi connectivity index (χ3n) is 4.66. The first kappa shape index (κ1) is 17.4. The van der Waals surface area contributed by atoms with Crippen molar-refractivity contribution < 1.29 is 9.53 Å². The zero-order valence-corrected chi connectivity index (χ0v) is 15.0. The molecule has 134 valence electrons. The van der Waals surface area contributed by atoms with E-state index in [9.17, 15) is 4.79 Å². The van der Waals surface area contributed by atoms with Crippen molar-refractivity contribution in [2.24, 2.45) is 0 Å². The number of nitrogens with zero attached hydrogens (tertiary/aromatic N) is 4. The normalized spacial score (nSPS) is 20.5. The van der Waals surface area contributed by atoms with Crippen molar-refractivity contribution in [3.05, 3.63) is 47.5 Å². The molecule has 1 N–H and O–H groups in total. The van der Waals surface area contributed by atoms with Gasteiger partial charge in [0.2, 0.25) is 0 Å². The summed E-state index contributed by atoms with van der Waals surface area (Å²) < 4.78 is 7.89. The lowest BCUT2D eigenvalue weighted by Gasteiger charge is -2.38. The molecule has 1 fully saturated rings. The van der Waals surface area contributed by atoms with E-state index < -0.39 is 0 Å². The molecule has 2 atom stereocenters. The van der Waals surface area contributed by atoms with E-state index >= 15 is 0 Å². The third kappa shape index (κ3) is 3.82. The fraction of sp³-hybridized carbons (Fsp3) is 0.500. The van der Waals surface area contributed by atoms with Crippen LogP contribution in [0.2, 0.25) is 0 Å². The summed E-state index contributed by atoms with van der Waals surface area (Å²) in [6.45, 7) is 8.30. The number of ether oxygens (including phenoxy) is 1. The van der Waals surface area contributed by atoms with E-state index in [1.807, 2.05) is 35.4 Å². The Kier molecular flexibility index (Phi) is 5.33. The van der Waals surface area contributed by atoms with Crippen molar-refractivity contribution in [2.75, 3.05) is 13.2 Å². The van der Waals surface area contributed by atoms with Crippen LogP contribution < -0.4 is 5.32 Å². The summed E-state index contributed by atoms with van der Waals surface area (Å²) in [6, 6.07) is 8.09. The van der Waals surface area contributed by atoms with Crippen molar-refractivity contribution in [3.63, 3.8) is 0 Å². The lowest BCUT2D eigenvalue weighted by atomic mass is 10.0. The molecule has 0 bridgehead atoms. The second kappa shape index (κ2) is 7.65. The number of nitrogens with one attached hydrogen (secondary N) is 1. The molecule has 7 nitrogen and oxygen atoms in total. The Hall–Kier alpha value is -2.41. The summed E-state index contributed by atoms with van der Waals surface area (Å²) in [5.41, 5.74) is 2.32. The smallest absolute Gasteiger partial charge is 0.318 e. The van der Waals surface area contributed by atoms with Gasteiger partial charge in [-0.15, -0.1) is 10.2 Å². The second-order valence-electron chi connectivity index (χ2n) is 6.37. The Morgan fingerprint density at radius 1 is 1.40 bits per heavy atom. The number of urea groups is 1. The highest BCUT2D eigenvalue weighted by Crippen LogP contribution is 2.27. The molecule has 0 spiro atoms. The maximum atomic E-state index is 12.7. The molecule has 2 aromatic rings. The minimum absolute atomic E-state index is 0.0318. The summed E-state index contributed by atoms with van der Waals surface area (Å²) in [4.78, 5) is 14.5. The van der Waals surface area contributed by atoms with Crippen LogP contribution in [-0.4, -0.2) is 44.9 Å². The van der Waals surface area contributed by atoms with Crippen LogP contribution in [0.4, 0.5) is 4.79 Å². The van der Waals surface area contributed by atoms with E-state index in [-0.39, 0.29) is 18.2 Å². The molecule has 0 aliphatic carbocycles. The van der Waals surface area contributed by atoms with Crippen molar-refractivity contribution >= 4 is 6.03 Å². The predicted octanol–water partition coefficient (Wildman–Crippen LogP) is 2.28. The number of carbonyl (C=O) groups excluding carboxylic acids is 1. The highest BCUT2D eigenvalue weighted by molar-refractivity contribution is 5.74. The Labute approximate surface area is 148 Å². The predicted molar refractivity (Wildman–Crippen MR) is 94.0 cm³/mol. The quantitative estimate of drug-likeness (QED) is 0.924. The van der Waals surface area contributed by atoms with E-state index in [1.54, 1.807) is 6.33 Å². The minimum Gasteiger partial charge on any atom is -0.370 e. The molecule has 1 aromatic carbocycles. The van der Waals surface area contributed by atoms with Gasteiger partial charge in [-0.1, -0.05) is 24.3 Å².